The molecule has 0 unspecified atom stereocenters. The number of esters is 1. The van der Waals surface area contributed by atoms with Crippen molar-refractivity contribution in [1.82, 2.24) is 20.3 Å². The van der Waals surface area contributed by atoms with Crippen molar-refractivity contribution in [3.63, 3.8) is 0 Å². The molecule has 170 valence electrons. The Bertz CT molecular complexity index is 1140. The van der Waals surface area contributed by atoms with E-state index < -0.39 is 5.97 Å². The number of benzene rings is 2. The van der Waals surface area contributed by atoms with E-state index in [1.54, 1.807) is 30.3 Å². The summed E-state index contributed by atoms with van der Waals surface area (Å²) in [6, 6.07) is 9.86. The molecule has 0 aliphatic carbocycles. The zero-order valence-electron chi connectivity index (χ0n) is 18.6. The number of aromatic nitrogens is 3. The lowest BCUT2D eigenvalue weighted by Gasteiger charge is -2.45. The number of hydrogen-bond acceptors (Lipinski definition) is 7. The molecule has 4 rings (SSSR count). The van der Waals surface area contributed by atoms with Crippen LogP contribution in [0.5, 0.6) is 11.5 Å². The van der Waals surface area contributed by atoms with Crippen molar-refractivity contribution < 1.29 is 19.4 Å². The van der Waals surface area contributed by atoms with Crippen LogP contribution >= 0.6 is 11.6 Å². The Morgan fingerprint density at radius 1 is 1.12 bits per heavy atom. The number of halogens is 1. The minimum atomic E-state index is -0.441. The Labute approximate surface area is 191 Å². The quantitative estimate of drug-likeness (QED) is 0.557. The van der Waals surface area contributed by atoms with E-state index in [1.807, 2.05) is 0 Å². The average molecular weight is 459 g/mol. The highest BCUT2D eigenvalue weighted by atomic mass is 35.5. The number of phenols is 1. The molecule has 0 atom stereocenters. The van der Waals surface area contributed by atoms with Crippen LogP contribution < -0.4 is 10.1 Å². The summed E-state index contributed by atoms with van der Waals surface area (Å²) >= 11 is 5.99. The highest BCUT2D eigenvalue weighted by molar-refractivity contribution is 6.31. The fraction of sp³-hybridized carbons (Fsp3) is 0.435. The summed E-state index contributed by atoms with van der Waals surface area (Å²) in [4.78, 5) is 13.7. The Morgan fingerprint density at radius 2 is 1.81 bits per heavy atom. The van der Waals surface area contributed by atoms with Crippen LogP contribution in [0.25, 0.3) is 16.7 Å². The lowest BCUT2D eigenvalue weighted by Crippen LogP contribution is -2.59. The molecule has 3 aromatic rings. The van der Waals surface area contributed by atoms with Crippen molar-refractivity contribution in [3.05, 3.63) is 41.4 Å². The monoisotopic (exact) mass is 458 g/mol. The molecule has 2 N–H and O–H groups in total. The predicted molar refractivity (Wildman–Crippen MR) is 121 cm³/mol. The van der Waals surface area contributed by atoms with Gasteiger partial charge in [0.1, 0.15) is 34.3 Å². The van der Waals surface area contributed by atoms with Gasteiger partial charge in [-0.05, 0) is 58.0 Å². The van der Waals surface area contributed by atoms with Crippen molar-refractivity contribution in [2.75, 3.05) is 6.61 Å². The molecular weight excluding hydrogens is 432 g/mol. The normalized spacial score (nSPS) is 17.9. The molecular formula is C23H27ClN4O4. The molecule has 9 heteroatoms. The van der Waals surface area contributed by atoms with E-state index in [2.05, 4.69) is 43.2 Å². The van der Waals surface area contributed by atoms with Gasteiger partial charge in [-0.15, -0.1) is 15.0 Å². The Balaban J connectivity index is 1.39. The van der Waals surface area contributed by atoms with Crippen LogP contribution in [0.4, 0.5) is 0 Å². The molecule has 1 saturated heterocycles. The summed E-state index contributed by atoms with van der Waals surface area (Å²) in [5, 5.41) is 23.2. The van der Waals surface area contributed by atoms with Gasteiger partial charge in [0.15, 0.2) is 6.61 Å². The number of nitrogens with zero attached hydrogens (tertiary/aromatic N) is 3. The molecule has 0 radical (unpaired) electrons. The van der Waals surface area contributed by atoms with Gasteiger partial charge in [-0.25, -0.2) is 4.79 Å². The number of hydrogen-bond donors (Lipinski definition) is 2. The third-order valence-electron chi connectivity index (χ3n) is 5.31. The van der Waals surface area contributed by atoms with Crippen LogP contribution in [-0.4, -0.2) is 49.9 Å². The van der Waals surface area contributed by atoms with Gasteiger partial charge in [0, 0.05) is 35.0 Å². The minimum absolute atomic E-state index is 0.0795. The third kappa shape index (κ3) is 5.14. The van der Waals surface area contributed by atoms with Gasteiger partial charge in [0.05, 0.1) is 0 Å². The van der Waals surface area contributed by atoms with Gasteiger partial charge in [0.25, 0.3) is 0 Å². The molecule has 2 heterocycles. The summed E-state index contributed by atoms with van der Waals surface area (Å²) in [5.74, 6) is -0.179. The van der Waals surface area contributed by atoms with Crippen molar-refractivity contribution in [1.29, 1.82) is 0 Å². The lowest BCUT2D eigenvalue weighted by molar-refractivity contribution is -0.155. The first-order valence-corrected chi connectivity index (χ1v) is 10.9. The van der Waals surface area contributed by atoms with Crippen LogP contribution in [-0.2, 0) is 9.53 Å². The van der Waals surface area contributed by atoms with Gasteiger partial charge in [-0.1, -0.05) is 11.6 Å². The predicted octanol–water partition coefficient (Wildman–Crippen LogP) is 4.01. The second kappa shape index (κ2) is 8.26. The summed E-state index contributed by atoms with van der Waals surface area (Å²) in [6.45, 7) is 8.15. The molecule has 1 aromatic heterocycles. The molecule has 0 amide bonds. The number of aromatic hydroxyl groups is 1. The Morgan fingerprint density at radius 3 is 2.50 bits per heavy atom. The number of ether oxygens (including phenoxy) is 2. The maximum atomic E-state index is 12.3. The van der Waals surface area contributed by atoms with Crippen molar-refractivity contribution >= 4 is 28.6 Å². The number of fused-ring (bicyclic) bond motifs is 1. The van der Waals surface area contributed by atoms with Gasteiger partial charge in [-0.3, -0.25) is 0 Å². The van der Waals surface area contributed by atoms with Gasteiger partial charge in [0.2, 0.25) is 0 Å². The summed E-state index contributed by atoms with van der Waals surface area (Å²) < 4.78 is 11.2. The second-order valence-corrected chi connectivity index (χ2v) is 9.91. The molecule has 0 spiro atoms. The molecule has 32 heavy (non-hydrogen) atoms. The maximum absolute atomic E-state index is 12.3. The zero-order valence-corrected chi connectivity index (χ0v) is 19.3. The molecule has 8 nitrogen and oxygen atoms in total. The largest absolute Gasteiger partial charge is 0.505 e. The van der Waals surface area contributed by atoms with E-state index in [1.165, 1.54) is 10.9 Å². The van der Waals surface area contributed by atoms with Crippen LogP contribution in [0, 0.1) is 0 Å². The average Bonchev–Trinajstić information content (AvgIpc) is 3.06. The third-order valence-corrected chi connectivity index (χ3v) is 5.55. The van der Waals surface area contributed by atoms with E-state index in [0.717, 1.165) is 12.8 Å². The fourth-order valence-corrected chi connectivity index (χ4v) is 4.60. The zero-order chi connectivity index (χ0) is 23.1. The lowest BCUT2D eigenvalue weighted by atomic mass is 9.81. The minimum Gasteiger partial charge on any atom is -0.505 e. The summed E-state index contributed by atoms with van der Waals surface area (Å²) in [5.41, 5.74) is 1.41. The van der Waals surface area contributed by atoms with Gasteiger partial charge < -0.3 is 19.9 Å². The topological polar surface area (TPSA) is 98.5 Å². The van der Waals surface area contributed by atoms with E-state index in [-0.39, 0.29) is 29.5 Å². The molecule has 1 aliphatic rings. The SMILES string of the molecule is CC1(C)CC(OC(=O)COc2ccc(-n3nc4ccc(Cl)cc4n3)c(O)c2)CC(C)(C)N1. The molecule has 1 aliphatic heterocycles. The Kier molecular flexibility index (Phi) is 5.77. The first-order chi connectivity index (χ1) is 15.0. The number of piperidine rings is 1. The van der Waals surface area contributed by atoms with Crippen LogP contribution in [0.2, 0.25) is 5.02 Å². The fourth-order valence-electron chi connectivity index (χ4n) is 4.43. The van der Waals surface area contributed by atoms with E-state index in [0.29, 0.717) is 27.5 Å². The van der Waals surface area contributed by atoms with Crippen LogP contribution in [0.15, 0.2) is 36.4 Å². The Hall–Kier alpha value is -2.84. The number of rotatable bonds is 5. The van der Waals surface area contributed by atoms with Crippen LogP contribution in [0.1, 0.15) is 40.5 Å². The van der Waals surface area contributed by atoms with E-state index in [9.17, 15) is 9.90 Å². The second-order valence-electron chi connectivity index (χ2n) is 9.47. The van der Waals surface area contributed by atoms with Crippen molar-refractivity contribution in [2.24, 2.45) is 0 Å². The number of phenolic OH excluding ortho intramolecular Hbond substituents is 1. The summed E-state index contributed by atoms with van der Waals surface area (Å²) in [6.07, 6.45) is 1.28. The van der Waals surface area contributed by atoms with E-state index in [4.69, 9.17) is 21.1 Å². The smallest absolute Gasteiger partial charge is 0.344 e. The van der Waals surface area contributed by atoms with Gasteiger partial charge >= 0.3 is 5.97 Å². The first kappa shape index (κ1) is 22.4. The van der Waals surface area contributed by atoms with Gasteiger partial charge in [-0.2, -0.15) is 0 Å². The summed E-state index contributed by atoms with van der Waals surface area (Å²) in [7, 11) is 0. The standard InChI is InChI=1S/C23H27ClN4O4/c1-22(2)11-16(12-23(3,4)27-22)32-21(30)13-31-15-6-8-19(20(29)10-15)28-25-17-7-5-14(24)9-18(17)26-28/h5-10,16,27,29H,11-13H2,1-4H3. The number of carbonyl (C=O) groups is 1. The molecule has 2 aromatic carbocycles. The highest BCUT2D eigenvalue weighted by Crippen LogP contribution is 2.31. The molecule has 0 bridgehead atoms. The van der Waals surface area contributed by atoms with Crippen LogP contribution in [0.3, 0.4) is 0 Å². The molecule has 0 saturated carbocycles. The number of nitrogens with one attached hydrogen (secondary N) is 1. The first-order valence-electron chi connectivity index (χ1n) is 10.5. The highest BCUT2D eigenvalue weighted by Gasteiger charge is 2.39. The molecule has 1 fully saturated rings. The number of carbonyl (C=O) groups excluding carboxylic acids is 1. The van der Waals surface area contributed by atoms with Crippen molar-refractivity contribution in [3.8, 4) is 17.2 Å². The van der Waals surface area contributed by atoms with E-state index >= 15 is 0 Å². The maximum Gasteiger partial charge on any atom is 0.344 e. The van der Waals surface area contributed by atoms with Crippen molar-refractivity contribution in [2.45, 2.75) is 57.7 Å².